The second-order valence-electron chi connectivity index (χ2n) is 10.9. The first-order chi connectivity index (χ1) is 18.4. The second-order valence-corrected chi connectivity index (χ2v) is 12.3. The number of nitrogens with one attached hydrogen (secondary N) is 2. The third-order valence-electron chi connectivity index (χ3n) is 7.01. The van der Waals surface area contributed by atoms with Crippen LogP contribution in [-0.4, -0.2) is 57.7 Å². The lowest BCUT2D eigenvalue weighted by Gasteiger charge is -2.47. The van der Waals surface area contributed by atoms with Gasteiger partial charge in [0.25, 0.3) is 0 Å². The van der Waals surface area contributed by atoms with Gasteiger partial charge in [-0.25, -0.2) is 28.5 Å². The number of hydrogen-bond donors (Lipinski definition) is 2. The van der Waals surface area contributed by atoms with E-state index >= 15 is 4.39 Å². The van der Waals surface area contributed by atoms with E-state index in [-0.39, 0.29) is 42.6 Å². The van der Waals surface area contributed by atoms with Crippen LogP contribution in [0.5, 0.6) is 0 Å². The molecule has 1 fully saturated rings. The Morgan fingerprint density at radius 1 is 1.21 bits per heavy atom. The summed E-state index contributed by atoms with van der Waals surface area (Å²) < 4.78 is 36.2. The average molecular weight is 575 g/mol. The highest BCUT2D eigenvalue weighted by atomic mass is 35.5. The molecule has 12 heteroatoms. The number of likely N-dealkylation sites (N-methyl/N-ethyl adjacent to an activating group) is 1. The first-order valence-electron chi connectivity index (χ1n) is 12.5. The topological polar surface area (TPSA) is 92.3 Å². The SMILES string of the molecule is CN(C)C1(CNc2ncnc3c(F)c(-c4ccc(F)c5sc(NC(=O)OC(C)(C)C)nc45)c(Cl)cc23)CCC1. The first-order valence-corrected chi connectivity index (χ1v) is 13.7. The highest BCUT2D eigenvalue weighted by Gasteiger charge is 2.39. The van der Waals surface area contributed by atoms with Gasteiger partial charge in [-0.15, -0.1) is 0 Å². The molecule has 0 radical (unpaired) electrons. The minimum atomic E-state index is -0.729. The lowest BCUT2D eigenvalue weighted by atomic mass is 9.75. The summed E-state index contributed by atoms with van der Waals surface area (Å²) >= 11 is 7.58. The van der Waals surface area contributed by atoms with Crippen LogP contribution < -0.4 is 10.6 Å². The lowest BCUT2D eigenvalue weighted by Crippen LogP contribution is -2.54. The van der Waals surface area contributed by atoms with Crippen LogP contribution >= 0.6 is 22.9 Å². The average Bonchev–Trinajstić information content (AvgIpc) is 3.23. The Morgan fingerprint density at radius 3 is 2.59 bits per heavy atom. The molecule has 39 heavy (non-hydrogen) atoms. The molecule has 0 spiro atoms. The molecular formula is C27H29ClF2N6O2S. The Bertz CT molecular complexity index is 1580. The molecule has 1 aliphatic rings. The number of aromatic nitrogens is 3. The maximum absolute atomic E-state index is 16.1. The van der Waals surface area contributed by atoms with Crippen LogP contribution in [0.4, 0.5) is 24.5 Å². The predicted octanol–water partition coefficient (Wildman–Crippen LogP) is 7.08. The third-order valence-corrected chi connectivity index (χ3v) is 8.29. The molecule has 0 aliphatic heterocycles. The predicted molar refractivity (Wildman–Crippen MR) is 152 cm³/mol. The van der Waals surface area contributed by atoms with E-state index in [1.54, 1.807) is 26.8 Å². The van der Waals surface area contributed by atoms with Crippen molar-refractivity contribution >= 4 is 61.1 Å². The van der Waals surface area contributed by atoms with Gasteiger partial charge in [0.1, 0.15) is 29.1 Å². The summed E-state index contributed by atoms with van der Waals surface area (Å²) in [7, 11) is 4.11. The zero-order valence-corrected chi connectivity index (χ0v) is 23.9. The molecule has 206 valence electrons. The molecular weight excluding hydrogens is 546 g/mol. The maximum atomic E-state index is 16.1. The van der Waals surface area contributed by atoms with Crippen molar-refractivity contribution in [3.05, 3.63) is 41.2 Å². The van der Waals surface area contributed by atoms with Gasteiger partial charge in [-0.3, -0.25) is 5.32 Å². The standard InChI is InChI=1S/C27H29ClF2N6O2S/c1-26(2,3)38-25(37)35-24-34-21-14(7-8-17(29)22(21)39-24)18-16(28)11-15-20(19(18)30)32-13-33-23(15)31-12-27(36(4)5)9-6-10-27/h7-8,11,13H,6,9-10,12H2,1-5H3,(H,31,32,33)(H,34,35,37). The summed E-state index contributed by atoms with van der Waals surface area (Å²) in [5, 5.41) is 6.56. The Balaban J connectivity index is 1.54. The van der Waals surface area contributed by atoms with Gasteiger partial charge in [-0.05, 0) is 72.3 Å². The molecule has 1 amide bonds. The largest absolute Gasteiger partial charge is 0.444 e. The molecule has 0 atom stereocenters. The quantitative estimate of drug-likeness (QED) is 0.254. The van der Waals surface area contributed by atoms with Crippen molar-refractivity contribution in [3.8, 4) is 11.1 Å². The summed E-state index contributed by atoms with van der Waals surface area (Å²) in [4.78, 5) is 27.4. The maximum Gasteiger partial charge on any atom is 0.413 e. The lowest BCUT2D eigenvalue weighted by molar-refractivity contribution is 0.0636. The van der Waals surface area contributed by atoms with Crippen LogP contribution in [0.2, 0.25) is 5.02 Å². The number of anilines is 2. The van der Waals surface area contributed by atoms with E-state index in [4.69, 9.17) is 16.3 Å². The molecule has 2 aromatic carbocycles. The van der Waals surface area contributed by atoms with Crippen LogP contribution in [0.25, 0.3) is 32.2 Å². The third kappa shape index (κ3) is 5.22. The van der Waals surface area contributed by atoms with Crippen molar-refractivity contribution in [2.45, 2.75) is 51.2 Å². The fourth-order valence-electron chi connectivity index (χ4n) is 4.75. The summed E-state index contributed by atoms with van der Waals surface area (Å²) in [6.07, 6.45) is 3.86. The Kier molecular flexibility index (Phi) is 7.11. The van der Waals surface area contributed by atoms with Gasteiger partial charge in [-0.1, -0.05) is 22.9 Å². The van der Waals surface area contributed by atoms with Crippen LogP contribution in [-0.2, 0) is 4.74 Å². The van der Waals surface area contributed by atoms with E-state index in [9.17, 15) is 9.18 Å². The molecule has 0 unspecified atom stereocenters. The van der Waals surface area contributed by atoms with Gasteiger partial charge in [0.15, 0.2) is 10.9 Å². The number of fused-ring (bicyclic) bond motifs is 2. The minimum absolute atomic E-state index is 0.0228. The zero-order chi connectivity index (χ0) is 28.1. The van der Waals surface area contributed by atoms with E-state index in [2.05, 4.69) is 44.6 Å². The molecule has 0 saturated heterocycles. The Morgan fingerprint density at radius 2 is 1.95 bits per heavy atom. The number of carbonyl (C=O) groups is 1. The minimum Gasteiger partial charge on any atom is -0.444 e. The van der Waals surface area contributed by atoms with E-state index in [1.807, 2.05) is 0 Å². The number of hydrogen-bond acceptors (Lipinski definition) is 8. The molecule has 2 aromatic heterocycles. The van der Waals surface area contributed by atoms with Crippen LogP contribution in [0.15, 0.2) is 24.5 Å². The summed E-state index contributed by atoms with van der Waals surface area (Å²) in [5.74, 6) is -0.737. The highest BCUT2D eigenvalue weighted by Crippen LogP contribution is 2.42. The highest BCUT2D eigenvalue weighted by molar-refractivity contribution is 7.22. The molecule has 8 nitrogen and oxygen atoms in total. The zero-order valence-electron chi connectivity index (χ0n) is 22.3. The molecule has 4 aromatic rings. The van der Waals surface area contributed by atoms with Gasteiger partial charge < -0.3 is 15.0 Å². The van der Waals surface area contributed by atoms with Crippen molar-refractivity contribution in [1.29, 1.82) is 0 Å². The van der Waals surface area contributed by atoms with Crippen LogP contribution in [0, 0.1) is 11.6 Å². The number of rotatable bonds is 6. The van der Waals surface area contributed by atoms with Gasteiger partial charge in [0.05, 0.1) is 15.2 Å². The van der Waals surface area contributed by atoms with Gasteiger partial charge in [0.2, 0.25) is 0 Å². The Labute approximate surface area is 233 Å². The Hall–Kier alpha value is -3.15. The first kappa shape index (κ1) is 27.4. The van der Waals surface area contributed by atoms with Crippen molar-refractivity contribution in [2.24, 2.45) is 0 Å². The van der Waals surface area contributed by atoms with Gasteiger partial charge >= 0.3 is 6.09 Å². The van der Waals surface area contributed by atoms with E-state index in [0.717, 1.165) is 30.6 Å². The summed E-state index contributed by atoms with van der Waals surface area (Å²) in [5.41, 5.74) is -0.139. The number of nitrogens with zero attached hydrogens (tertiary/aromatic N) is 4. The van der Waals surface area contributed by atoms with Crippen molar-refractivity contribution in [1.82, 2.24) is 19.9 Å². The number of halogens is 3. The summed E-state index contributed by atoms with van der Waals surface area (Å²) in [6.45, 7) is 5.83. The normalized spacial score (nSPS) is 15.0. The molecule has 5 rings (SSSR count). The van der Waals surface area contributed by atoms with E-state index in [0.29, 0.717) is 17.7 Å². The number of thiazole rings is 1. The summed E-state index contributed by atoms with van der Waals surface area (Å²) in [6, 6.07) is 4.25. The van der Waals surface area contributed by atoms with Crippen molar-refractivity contribution in [2.75, 3.05) is 31.3 Å². The van der Waals surface area contributed by atoms with E-state index < -0.39 is 23.3 Å². The fourth-order valence-corrected chi connectivity index (χ4v) is 5.93. The van der Waals surface area contributed by atoms with Gasteiger partial charge in [-0.2, -0.15) is 0 Å². The van der Waals surface area contributed by atoms with Gasteiger partial charge in [0, 0.05) is 28.6 Å². The number of carbonyl (C=O) groups excluding carboxylic acids is 1. The van der Waals surface area contributed by atoms with Crippen LogP contribution in [0.3, 0.4) is 0 Å². The van der Waals surface area contributed by atoms with E-state index in [1.165, 1.54) is 18.5 Å². The monoisotopic (exact) mass is 574 g/mol. The molecule has 1 aliphatic carbocycles. The number of benzene rings is 2. The second kappa shape index (κ2) is 10.1. The van der Waals surface area contributed by atoms with Crippen LogP contribution in [0.1, 0.15) is 40.0 Å². The number of ether oxygens (including phenoxy) is 1. The molecule has 2 N–H and O–H groups in total. The van der Waals surface area contributed by atoms with Crippen molar-refractivity contribution in [3.63, 3.8) is 0 Å². The van der Waals surface area contributed by atoms with Crippen molar-refractivity contribution < 1.29 is 18.3 Å². The molecule has 0 bridgehead atoms. The number of amides is 1. The fraction of sp³-hybridized carbons (Fsp3) is 0.407. The molecule has 1 saturated carbocycles. The molecule has 2 heterocycles. The smallest absolute Gasteiger partial charge is 0.413 e.